The molecule has 0 unspecified atom stereocenters. The Morgan fingerprint density at radius 1 is 1.32 bits per heavy atom. The van der Waals surface area contributed by atoms with E-state index in [9.17, 15) is 9.59 Å². The molecule has 0 aliphatic carbocycles. The van der Waals surface area contributed by atoms with Crippen LogP contribution in [0.25, 0.3) is 0 Å². The Morgan fingerprint density at radius 2 is 1.95 bits per heavy atom. The monoisotopic (exact) mass is 327 g/mol. The third kappa shape index (κ3) is 5.03. The summed E-state index contributed by atoms with van der Waals surface area (Å²) >= 11 is 3.31. The van der Waals surface area contributed by atoms with Crippen LogP contribution in [0.4, 0.5) is 0 Å². The molecule has 0 fully saturated rings. The molecule has 0 heterocycles. The van der Waals surface area contributed by atoms with Gasteiger partial charge in [-0.3, -0.25) is 4.79 Å². The SMILES string of the molecule is CCCC[C@@H](NC(=O)c1ccc(Br)cc1)C(=O)OC. The minimum Gasteiger partial charge on any atom is -0.467 e. The lowest BCUT2D eigenvalue weighted by molar-refractivity contribution is -0.143. The Morgan fingerprint density at radius 3 is 2.47 bits per heavy atom. The van der Waals surface area contributed by atoms with Crippen LogP contribution >= 0.6 is 15.9 Å². The molecule has 0 spiro atoms. The molecule has 1 atom stereocenters. The molecule has 1 aromatic rings. The lowest BCUT2D eigenvalue weighted by Gasteiger charge is -2.16. The zero-order valence-electron chi connectivity index (χ0n) is 11.1. The van der Waals surface area contributed by atoms with Crippen LogP contribution in [0.2, 0.25) is 0 Å². The number of amides is 1. The third-order valence-electron chi connectivity index (χ3n) is 2.74. The van der Waals surface area contributed by atoms with E-state index in [2.05, 4.69) is 21.2 Å². The maximum absolute atomic E-state index is 12.0. The number of carbonyl (C=O) groups is 2. The zero-order valence-corrected chi connectivity index (χ0v) is 12.7. The molecule has 0 saturated carbocycles. The van der Waals surface area contributed by atoms with Crippen molar-refractivity contribution in [2.75, 3.05) is 7.11 Å². The summed E-state index contributed by atoms with van der Waals surface area (Å²) in [7, 11) is 1.33. The van der Waals surface area contributed by atoms with Gasteiger partial charge in [0.2, 0.25) is 0 Å². The van der Waals surface area contributed by atoms with E-state index in [1.807, 2.05) is 6.92 Å². The second-order valence-corrected chi connectivity index (χ2v) is 5.11. The van der Waals surface area contributed by atoms with Crippen LogP contribution in [0.15, 0.2) is 28.7 Å². The average Bonchev–Trinajstić information content (AvgIpc) is 2.43. The fourth-order valence-corrected chi connectivity index (χ4v) is 1.91. The van der Waals surface area contributed by atoms with Gasteiger partial charge in [-0.05, 0) is 30.7 Å². The highest BCUT2D eigenvalue weighted by atomic mass is 79.9. The van der Waals surface area contributed by atoms with Gasteiger partial charge in [-0.2, -0.15) is 0 Å². The summed E-state index contributed by atoms with van der Waals surface area (Å²) in [6.07, 6.45) is 2.41. The van der Waals surface area contributed by atoms with Crippen molar-refractivity contribution in [3.05, 3.63) is 34.3 Å². The highest BCUT2D eigenvalue weighted by Crippen LogP contribution is 2.11. The molecule has 0 aliphatic rings. The first-order valence-corrected chi connectivity index (χ1v) is 7.02. The molecule has 0 aromatic heterocycles. The number of unbranched alkanes of at least 4 members (excludes halogenated alkanes) is 1. The Bertz CT molecular complexity index is 431. The van der Waals surface area contributed by atoms with Crippen molar-refractivity contribution >= 4 is 27.8 Å². The number of ether oxygens (including phenoxy) is 1. The van der Waals surface area contributed by atoms with Crippen molar-refractivity contribution in [2.24, 2.45) is 0 Å². The van der Waals surface area contributed by atoms with Gasteiger partial charge in [0.05, 0.1) is 7.11 Å². The Balaban J connectivity index is 2.69. The number of esters is 1. The maximum Gasteiger partial charge on any atom is 0.328 e. The Hall–Kier alpha value is -1.36. The second-order valence-electron chi connectivity index (χ2n) is 4.20. The van der Waals surface area contributed by atoms with E-state index in [0.717, 1.165) is 17.3 Å². The number of benzene rings is 1. The number of hydrogen-bond donors (Lipinski definition) is 1. The van der Waals surface area contributed by atoms with Crippen LogP contribution in [-0.4, -0.2) is 25.0 Å². The van der Waals surface area contributed by atoms with Gasteiger partial charge in [0, 0.05) is 10.0 Å². The first kappa shape index (κ1) is 15.7. The summed E-state index contributed by atoms with van der Waals surface area (Å²) in [5, 5.41) is 2.71. The number of hydrogen-bond acceptors (Lipinski definition) is 3. The molecule has 104 valence electrons. The van der Waals surface area contributed by atoms with Crippen molar-refractivity contribution in [2.45, 2.75) is 32.2 Å². The number of carbonyl (C=O) groups excluding carboxylic acids is 2. The van der Waals surface area contributed by atoms with E-state index in [1.165, 1.54) is 7.11 Å². The molecule has 1 N–H and O–H groups in total. The summed E-state index contributed by atoms with van der Waals surface area (Å²) in [6.45, 7) is 2.03. The Labute approximate surface area is 121 Å². The molecule has 0 radical (unpaired) electrons. The summed E-state index contributed by atoms with van der Waals surface area (Å²) in [4.78, 5) is 23.6. The minimum absolute atomic E-state index is 0.265. The lowest BCUT2D eigenvalue weighted by atomic mass is 10.1. The molecule has 1 aromatic carbocycles. The third-order valence-corrected chi connectivity index (χ3v) is 3.27. The van der Waals surface area contributed by atoms with Gasteiger partial charge in [-0.15, -0.1) is 0 Å². The van der Waals surface area contributed by atoms with E-state index in [-0.39, 0.29) is 5.91 Å². The molecular weight excluding hydrogens is 310 g/mol. The number of rotatable bonds is 6. The first-order chi connectivity index (χ1) is 9.08. The predicted molar refractivity (Wildman–Crippen MR) is 76.9 cm³/mol. The lowest BCUT2D eigenvalue weighted by Crippen LogP contribution is -2.41. The van der Waals surface area contributed by atoms with E-state index >= 15 is 0 Å². The average molecular weight is 328 g/mol. The maximum atomic E-state index is 12.0. The fraction of sp³-hybridized carbons (Fsp3) is 0.429. The Kier molecular flexibility index (Phi) is 6.56. The number of halogens is 1. The van der Waals surface area contributed by atoms with Crippen LogP contribution in [-0.2, 0) is 9.53 Å². The van der Waals surface area contributed by atoms with E-state index in [4.69, 9.17) is 4.74 Å². The summed E-state index contributed by atoms with van der Waals surface area (Å²) in [6, 6.07) is 6.39. The fourth-order valence-electron chi connectivity index (χ4n) is 1.64. The van der Waals surface area contributed by atoms with Gasteiger partial charge < -0.3 is 10.1 Å². The zero-order chi connectivity index (χ0) is 14.3. The predicted octanol–water partition coefficient (Wildman–Crippen LogP) is 2.91. The molecule has 19 heavy (non-hydrogen) atoms. The van der Waals surface area contributed by atoms with Crippen LogP contribution in [0.5, 0.6) is 0 Å². The van der Waals surface area contributed by atoms with Gasteiger partial charge in [0.25, 0.3) is 5.91 Å². The summed E-state index contributed by atoms with van der Waals surface area (Å²) < 4.78 is 5.61. The topological polar surface area (TPSA) is 55.4 Å². The molecule has 0 bridgehead atoms. The second kappa shape index (κ2) is 7.94. The largest absolute Gasteiger partial charge is 0.467 e. The number of methoxy groups -OCH3 is 1. The standard InChI is InChI=1S/C14H18BrNO3/c1-3-4-5-12(14(18)19-2)16-13(17)10-6-8-11(15)9-7-10/h6-9,12H,3-5H2,1-2H3,(H,16,17)/t12-/m1/s1. The highest BCUT2D eigenvalue weighted by molar-refractivity contribution is 9.10. The van der Waals surface area contributed by atoms with Crippen molar-refractivity contribution in [3.8, 4) is 0 Å². The van der Waals surface area contributed by atoms with Crippen LogP contribution in [0.1, 0.15) is 36.5 Å². The van der Waals surface area contributed by atoms with Crippen molar-refractivity contribution in [3.63, 3.8) is 0 Å². The van der Waals surface area contributed by atoms with Crippen molar-refractivity contribution < 1.29 is 14.3 Å². The van der Waals surface area contributed by atoms with Gasteiger partial charge in [-0.1, -0.05) is 35.7 Å². The van der Waals surface area contributed by atoms with Gasteiger partial charge in [0.1, 0.15) is 6.04 Å². The van der Waals surface area contributed by atoms with Gasteiger partial charge >= 0.3 is 5.97 Å². The molecule has 0 aliphatic heterocycles. The highest BCUT2D eigenvalue weighted by Gasteiger charge is 2.21. The van der Waals surface area contributed by atoms with Gasteiger partial charge in [0.15, 0.2) is 0 Å². The van der Waals surface area contributed by atoms with Crippen molar-refractivity contribution in [1.82, 2.24) is 5.32 Å². The molecular formula is C14H18BrNO3. The van der Waals surface area contributed by atoms with E-state index < -0.39 is 12.0 Å². The van der Waals surface area contributed by atoms with Crippen LogP contribution in [0.3, 0.4) is 0 Å². The van der Waals surface area contributed by atoms with Crippen LogP contribution in [0, 0.1) is 0 Å². The first-order valence-electron chi connectivity index (χ1n) is 6.22. The molecule has 5 heteroatoms. The molecule has 1 amide bonds. The van der Waals surface area contributed by atoms with E-state index in [1.54, 1.807) is 24.3 Å². The summed E-state index contributed by atoms with van der Waals surface area (Å²) in [5.74, 6) is -0.669. The molecule has 1 rings (SSSR count). The van der Waals surface area contributed by atoms with Gasteiger partial charge in [-0.25, -0.2) is 4.79 Å². The minimum atomic E-state index is -0.582. The number of nitrogens with one attached hydrogen (secondary N) is 1. The summed E-state index contributed by atoms with van der Waals surface area (Å²) in [5.41, 5.74) is 0.522. The molecule has 0 saturated heterocycles. The normalized spacial score (nSPS) is 11.7. The van der Waals surface area contributed by atoms with E-state index in [0.29, 0.717) is 12.0 Å². The smallest absolute Gasteiger partial charge is 0.328 e. The molecule has 4 nitrogen and oxygen atoms in total. The quantitative estimate of drug-likeness (QED) is 0.817. The van der Waals surface area contributed by atoms with Crippen molar-refractivity contribution in [1.29, 1.82) is 0 Å². The van der Waals surface area contributed by atoms with Crippen LogP contribution < -0.4 is 5.32 Å².